The van der Waals surface area contributed by atoms with Crippen molar-refractivity contribution in [3.05, 3.63) is 26.3 Å². The second-order valence-electron chi connectivity index (χ2n) is 5.55. The van der Waals surface area contributed by atoms with Gasteiger partial charge in [0, 0.05) is 17.6 Å². The highest BCUT2D eigenvalue weighted by Crippen LogP contribution is 2.46. The maximum Gasteiger partial charge on any atom is 0.308 e. The van der Waals surface area contributed by atoms with E-state index in [0.29, 0.717) is 22.3 Å². The molecule has 3 atom stereocenters. The summed E-state index contributed by atoms with van der Waals surface area (Å²) in [6, 6.07) is 0.0814. The van der Waals surface area contributed by atoms with E-state index in [1.54, 1.807) is 6.92 Å². The van der Waals surface area contributed by atoms with Gasteiger partial charge in [-0.15, -0.1) is 0 Å². The van der Waals surface area contributed by atoms with Gasteiger partial charge in [0.15, 0.2) is 0 Å². The van der Waals surface area contributed by atoms with Gasteiger partial charge in [0.05, 0.1) is 15.3 Å². The molecule has 112 valence electrons. The molecule has 0 aromatic carbocycles. The smallest absolute Gasteiger partial charge is 0.308 e. The lowest BCUT2D eigenvalue weighted by Gasteiger charge is -2.25. The second kappa shape index (κ2) is 4.94. The fourth-order valence-corrected chi connectivity index (χ4v) is 4.01. The van der Waals surface area contributed by atoms with Crippen LogP contribution in [0.25, 0.3) is 0 Å². The minimum Gasteiger partial charge on any atom is -0.481 e. The zero-order valence-electron chi connectivity index (χ0n) is 11.3. The summed E-state index contributed by atoms with van der Waals surface area (Å²) in [4.78, 5) is 28.0. The van der Waals surface area contributed by atoms with Gasteiger partial charge >= 0.3 is 5.97 Å². The van der Waals surface area contributed by atoms with E-state index < -0.39 is 10.9 Å². The van der Waals surface area contributed by atoms with E-state index in [4.69, 9.17) is 0 Å². The lowest BCUT2D eigenvalue weighted by atomic mass is 9.89. The van der Waals surface area contributed by atoms with Crippen LogP contribution in [0.2, 0.25) is 0 Å². The van der Waals surface area contributed by atoms with Crippen LogP contribution in [0.1, 0.15) is 24.8 Å². The van der Waals surface area contributed by atoms with E-state index in [1.807, 2.05) is 4.90 Å². The highest BCUT2D eigenvalue weighted by atomic mass is 79.9. The maximum absolute atomic E-state index is 11.3. The van der Waals surface area contributed by atoms with Crippen LogP contribution in [0, 0.1) is 23.0 Å². The number of nitro groups is 1. The normalized spacial score (nSPS) is 27.1. The van der Waals surface area contributed by atoms with Crippen molar-refractivity contribution >= 4 is 33.4 Å². The Morgan fingerprint density at radius 2 is 2.29 bits per heavy atom. The van der Waals surface area contributed by atoms with Gasteiger partial charge in [-0.1, -0.05) is 0 Å². The molecule has 0 saturated carbocycles. The van der Waals surface area contributed by atoms with Gasteiger partial charge in [-0.2, -0.15) is 0 Å². The number of hydrogen-bond donors (Lipinski definition) is 1. The third kappa shape index (κ3) is 2.08. The van der Waals surface area contributed by atoms with Crippen molar-refractivity contribution in [2.75, 3.05) is 4.90 Å². The number of halogens is 1. The standard InChI is InChI=1S/C13H14BrN3O4/c1-6-10(17(20)21)5-15-12(11(6)14)16-7-2-3-9(16)8(4-7)13(18)19/h5,7-9H,2-4H2,1H3,(H,18,19). The number of pyridine rings is 1. The van der Waals surface area contributed by atoms with Crippen LogP contribution >= 0.6 is 15.9 Å². The minimum absolute atomic E-state index is 0.0352. The number of carbonyl (C=O) groups is 1. The topological polar surface area (TPSA) is 96.6 Å². The summed E-state index contributed by atoms with van der Waals surface area (Å²) in [5.74, 6) is -0.538. The summed E-state index contributed by atoms with van der Waals surface area (Å²) in [5, 5.41) is 20.2. The van der Waals surface area contributed by atoms with Crippen molar-refractivity contribution in [3.8, 4) is 0 Å². The van der Waals surface area contributed by atoms with E-state index in [2.05, 4.69) is 20.9 Å². The molecule has 2 bridgehead atoms. The maximum atomic E-state index is 11.3. The monoisotopic (exact) mass is 355 g/mol. The predicted octanol–water partition coefficient (Wildman–Crippen LogP) is 2.50. The van der Waals surface area contributed by atoms with E-state index in [0.717, 1.165) is 12.8 Å². The molecule has 0 radical (unpaired) electrons. The van der Waals surface area contributed by atoms with Crippen LogP contribution in [0.5, 0.6) is 0 Å². The average Bonchev–Trinajstić information content (AvgIpc) is 2.99. The van der Waals surface area contributed by atoms with Crippen molar-refractivity contribution in [3.63, 3.8) is 0 Å². The van der Waals surface area contributed by atoms with E-state index in [-0.39, 0.29) is 23.7 Å². The van der Waals surface area contributed by atoms with Crippen LogP contribution in [0.3, 0.4) is 0 Å². The predicted molar refractivity (Wildman–Crippen MR) is 78.4 cm³/mol. The summed E-state index contributed by atoms with van der Waals surface area (Å²) < 4.78 is 0.583. The second-order valence-corrected chi connectivity index (χ2v) is 6.34. The summed E-state index contributed by atoms with van der Waals surface area (Å²) >= 11 is 3.39. The number of rotatable bonds is 3. The van der Waals surface area contributed by atoms with E-state index >= 15 is 0 Å². The van der Waals surface area contributed by atoms with Crippen LogP contribution in [0.15, 0.2) is 10.7 Å². The Labute approximate surface area is 129 Å². The molecule has 2 fully saturated rings. The molecule has 0 spiro atoms. The number of hydrogen-bond acceptors (Lipinski definition) is 5. The number of carboxylic acids is 1. The molecule has 3 unspecified atom stereocenters. The largest absolute Gasteiger partial charge is 0.481 e. The first kappa shape index (κ1) is 14.2. The average molecular weight is 356 g/mol. The van der Waals surface area contributed by atoms with Gasteiger partial charge in [-0.05, 0) is 42.1 Å². The summed E-state index contributed by atoms with van der Waals surface area (Å²) in [6.07, 6.45) is 3.64. The Balaban J connectivity index is 2.01. The molecule has 21 heavy (non-hydrogen) atoms. The van der Waals surface area contributed by atoms with Gasteiger partial charge in [0.2, 0.25) is 0 Å². The van der Waals surface area contributed by atoms with Crippen molar-refractivity contribution in [1.29, 1.82) is 0 Å². The van der Waals surface area contributed by atoms with Crippen LogP contribution in [-0.2, 0) is 4.79 Å². The highest BCUT2D eigenvalue weighted by molar-refractivity contribution is 9.10. The fraction of sp³-hybridized carbons (Fsp3) is 0.538. The van der Waals surface area contributed by atoms with Crippen molar-refractivity contribution in [2.24, 2.45) is 5.92 Å². The molecule has 7 nitrogen and oxygen atoms in total. The zero-order valence-corrected chi connectivity index (χ0v) is 12.9. The van der Waals surface area contributed by atoms with Gasteiger partial charge in [-0.25, -0.2) is 4.98 Å². The number of aliphatic carboxylic acids is 1. The number of fused-ring (bicyclic) bond motifs is 2. The van der Waals surface area contributed by atoms with Crippen molar-refractivity contribution in [2.45, 2.75) is 38.3 Å². The van der Waals surface area contributed by atoms with Crippen molar-refractivity contribution in [1.82, 2.24) is 4.98 Å². The van der Waals surface area contributed by atoms with Crippen LogP contribution < -0.4 is 4.90 Å². The number of nitrogens with zero attached hydrogens (tertiary/aromatic N) is 3. The summed E-state index contributed by atoms with van der Waals surface area (Å²) in [7, 11) is 0. The number of anilines is 1. The molecule has 0 aliphatic carbocycles. The lowest BCUT2D eigenvalue weighted by Crippen LogP contribution is -2.33. The Morgan fingerprint density at radius 3 is 2.86 bits per heavy atom. The summed E-state index contributed by atoms with van der Waals surface area (Å²) in [6.45, 7) is 1.67. The zero-order chi connectivity index (χ0) is 15.3. The fourth-order valence-electron chi connectivity index (χ4n) is 3.50. The molecule has 1 aromatic heterocycles. The van der Waals surface area contributed by atoms with Gasteiger partial charge in [-0.3, -0.25) is 14.9 Å². The van der Waals surface area contributed by atoms with E-state index in [1.165, 1.54) is 6.20 Å². The SMILES string of the molecule is Cc1c([N+](=O)[O-])cnc(N2C3CCC2C(C(=O)O)C3)c1Br. The van der Waals surface area contributed by atoms with Gasteiger partial charge < -0.3 is 10.0 Å². The lowest BCUT2D eigenvalue weighted by molar-refractivity contribution is -0.385. The number of carboxylic acid groups (broad SMARTS) is 1. The third-order valence-electron chi connectivity index (χ3n) is 4.51. The first-order chi connectivity index (χ1) is 9.91. The number of aromatic nitrogens is 1. The molecule has 2 saturated heterocycles. The Kier molecular flexibility index (Phi) is 3.35. The Hall–Kier alpha value is -1.70. The van der Waals surface area contributed by atoms with Crippen molar-refractivity contribution < 1.29 is 14.8 Å². The molecule has 3 rings (SSSR count). The first-order valence-electron chi connectivity index (χ1n) is 6.72. The Morgan fingerprint density at radius 1 is 1.57 bits per heavy atom. The van der Waals surface area contributed by atoms with Crippen LogP contribution in [0.4, 0.5) is 11.5 Å². The summed E-state index contributed by atoms with van der Waals surface area (Å²) in [5.41, 5.74) is 0.482. The highest BCUT2D eigenvalue weighted by Gasteiger charge is 2.50. The molecule has 2 aliphatic heterocycles. The van der Waals surface area contributed by atoms with E-state index in [9.17, 15) is 20.0 Å². The molecule has 3 heterocycles. The molecular weight excluding hydrogens is 342 g/mol. The molecule has 2 aliphatic rings. The first-order valence-corrected chi connectivity index (χ1v) is 7.51. The molecular formula is C13H14BrN3O4. The minimum atomic E-state index is -0.776. The van der Waals surface area contributed by atoms with Gasteiger partial charge in [0.1, 0.15) is 12.0 Å². The quantitative estimate of drug-likeness (QED) is 0.660. The third-order valence-corrected chi connectivity index (χ3v) is 5.46. The molecule has 0 amide bonds. The Bertz CT molecular complexity index is 636. The van der Waals surface area contributed by atoms with Crippen LogP contribution in [-0.4, -0.2) is 33.1 Å². The molecule has 8 heteroatoms. The molecule has 1 N–H and O–H groups in total. The molecule has 1 aromatic rings. The van der Waals surface area contributed by atoms with Gasteiger partial charge in [0.25, 0.3) is 5.69 Å².